The molecule has 154 valence electrons. The van der Waals surface area contributed by atoms with Crippen molar-refractivity contribution in [3.8, 4) is 0 Å². The molecule has 0 unspecified atom stereocenters. The van der Waals surface area contributed by atoms with Crippen LogP contribution in [0.5, 0.6) is 0 Å². The molecule has 2 N–H and O–H groups in total. The van der Waals surface area contributed by atoms with Gasteiger partial charge in [-0.25, -0.2) is 17.9 Å². The molecule has 0 fully saturated rings. The maximum Gasteiger partial charge on any atom is 0.333 e. The summed E-state index contributed by atoms with van der Waals surface area (Å²) in [6.45, 7) is 4.85. The molecule has 0 spiro atoms. The van der Waals surface area contributed by atoms with Crippen molar-refractivity contribution >= 4 is 21.7 Å². The normalized spacial score (nSPS) is 17.0. The minimum atomic E-state index is -3.85. The van der Waals surface area contributed by atoms with Crippen LogP contribution in [-0.4, -0.2) is 39.0 Å². The van der Waals surface area contributed by atoms with E-state index in [9.17, 15) is 13.2 Å². The van der Waals surface area contributed by atoms with Gasteiger partial charge in [0.2, 0.25) is 0 Å². The molecule has 7 heteroatoms. The first-order chi connectivity index (χ1) is 13.3. The van der Waals surface area contributed by atoms with E-state index in [1.807, 2.05) is 20.9 Å². The van der Waals surface area contributed by atoms with Crippen LogP contribution in [0.1, 0.15) is 55.4 Å². The third-order valence-corrected chi connectivity index (χ3v) is 6.89. The number of hydrogen-bond acceptors (Lipinski definition) is 4. The summed E-state index contributed by atoms with van der Waals surface area (Å²) >= 11 is 0. The maximum absolute atomic E-state index is 12.5. The number of anilines is 1. The van der Waals surface area contributed by atoms with E-state index >= 15 is 0 Å². The summed E-state index contributed by atoms with van der Waals surface area (Å²) in [4.78, 5) is 14.5. The van der Waals surface area contributed by atoms with Gasteiger partial charge < -0.3 is 10.2 Å². The lowest BCUT2D eigenvalue weighted by atomic mass is 9.99. The van der Waals surface area contributed by atoms with Gasteiger partial charge in [0.25, 0.3) is 10.0 Å². The summed E-state index contributed by atoms with van der Waals surface area (Å²) < 4.78 is 26.8. The van der Waals surface area contributed by atoms with Gasteiger partial charge in [-0.2, -0.15) is 0 Å². The lowest BCUT2D eigenvalue weighted by Gasteiger charge is -2.22. The Labute approximate surface area is 168 Å². The molecule has 3 rings (SSSR count). The van der Waals surface area contributed by atoms with Crippen LogP contribution in [-0.2, 0) is 35.7 Å². The van der Waals surface area contributed by atoms with Crippen LogP contribution in [0, 0.1) is 0 Å². The molecule has 2 aliphatic carbocycles. The molecule has 1 aromatic carbocycles. The summed E-state index contributed by atoms with van der Waals surface area (Å²) in [6, 6.07) is 1.61. The van der Waals surface area contributed by atoms with Crippen LogP contribution in [0.2, 0.25) is 0 Å². The van der Waals surface area contributed by atoms with Gasteiger partial charge in [-0.15, -0.1) is 0 Å². The van der Waals surface area contributed by atoms with Crippen molar-refractivity contribution < 1.29 is 13.2 Å². The number of benzene rings is 1. The van der Waals surface area contributed by atoms with E-state index in [1.54, 1.807) is 6.08 Å². The summed E-state index contributed by atoms with van der Waals surface area (Å²) in [7, 11) is -1.90. The zero-order chi connectivity index (χ0) is 20.3. The minimum Gasteiger partial charge on any atom is -0.307 e. The first-order valence-corrected chi connectivity index (χ1v) is 11.8. The Morgan fingerprint density at radius 2 is 1.75 bits per heavy atom. The van der Waals surface area contributed by atoms with Gasteiger partial charge in [-0.05, 0) is 80.8 Å². The maximum atomic E-state index is 12.5. The van der Waals surface area contributed by atoms with E-state index in [1.165, 1.54) is 22.3 Å². The Bertz CT molecular complexity index is 845. The van der Waals surface area contributed by atoms with E-state index in [4.69, 9.17) is 0 Å². The number of carbonyl (C=O) groups excluding carboxylic acids is 1. The number of fused-ring (bicyclic) bond motifs is 2. The topological polar surface area (TPSA) is 78.5 Å². The van der Waals surface area contributed by atoms with Crippen LogP contribution in [0.25, 0.3) is 0 Å². The second kappa shape index (κ2) is 8.66. The average Bonchev–Trinajstić information content (AvgIpc) is 3.30. The highest BCUT2D eigenvalue weighted by atomic mass is 32.2. The van der Waals surface area contributed by atoms with Gasteiger partial charge >= 0.3 is 6.03 Å². The minimum absolute atomic E-state index is 0.0188. The fourth-order valence-corrected chi connectivity index (χ4v) is 5.06. The van der Waals surface area contributed by atoms with Crippen molar-refractivity contribution in [2.45, 2.75) is 64.8 Å². The van der Waals surface area contributed by atoms with Crippen molar-refractivity contribution in [2.24, 2.45) is 0 Å². The molecule has 28 heavy (non-hydrogen) atoms. The van der Waals surface area contributed by atoms with Crippen molar-refractivity contribution in [2.75, 3.05) is 18.9 Å². The molecule has 2 amide bonds. The summed E-state index contributed by atoms with van der Waals surface area (Å²) in [5.41, 5.74) is 5.80. The zero-order valence-electron chi connectivity index (χ0n) is 17.0. The average molecular weight is 406 g/mol. The number of aryl methyl sites for hydroxylation is 2. The summed E-state index contributed by atoms with van der Waals surface area (Å²) in [5.74, 6) is 0. The van der Waals surface area contributed by atoms with Crippen molar-refractivity contribution in [1.82, 2.24) is 9.62 Å². The van der Waals surface area contributed by atoms with Crippen molar-refractivity contribution in [3.63, 3.8) is 0 Å². The number of amides is 2. The van der Waals surface area contributed by atoms with E-state index in [2.05, 4.69) is 21.0 Å². The third kappa shape index (κ3) is 4.58. The molecule has 0 aliphatic heterocycles. The molecule has 0 heterocycles. The second-order valence-electron chi connectivity index (χ2n) is 7.71. The van der Waals surface area contributed by atoms with E-state index in [0.717, 1.165) is 62.6 Å². The van der Waals surface area contributed by atoms with Crippen LogP contribution in [0.3, 0.4) is 0 Å². The molecule has 0 saturated heterocycles. The SMILES string of the molecule is CC[C@H](/C=C/S(=O)(=O)NC(=O)Nc1c2c(cc3c1CCC3)CCC2)N(C)CC. The van der Waals surface area contributed by atoms with Crippen LogP contribution >= 0.6 is 0 Å². The highest BCUT2D eigenvalue weighted by Gasteiger charge is 2.25. The van der Waals surface area contributed by atoms with E-state index in [-0.39, 0.29) is 6.04 Å². The molecule has 0 radical (unpaired) electrons. The quantitative estimate of drug-likeness (QED) is 0.729. The number of nitrogens with one attached hydrogen (secondary N) is 2. The predicted octanol–water partition coefficient (Wildman–Crippen LogP) is 3.36. The lowest BCUT2D eigenvalue weighted by Crippen LogP contribution is -2.34. The number of sulfonamides is 1. The van der Waals surface area contributed by atoms with Gasteiger partial charge in [0, 0.05) is 17.1 Å². The van der Waals surface area contributed by atoms with Gasteiger partial charge in [-0.3, -0.25) is 0 Å². The van der Waals surface area contributed by atoms with Crippen LogP contribution < -0.4 is 10.0 Å². The number of urea groups is 1. The largest absolute Gasteiger partial charge is 0.333 e. The van der Waals surface area contributed by atoms with Crippen molar-refractivity contribution in [3.05, 3.63) is 39.8 Å². The lowest BCUT2D eigenvalue weighted by molar-refractivity contribution is 0.256. The van der Waals surface area contributed by atoms with Crippen LogP contribution in [0.4, 0.5) is 10.5 Å². The molecule has 2 aliphatic rings. The number of likely N-dealkylation sites (N-methyl/N-ethyl adjacent to an activating group) is 1. The first-order valence-electron chi connectivity index (χ1n) is 10.2. The van der Waals surface area contributed by atoms with E-state index < -0.39 is 16.1 Å². The van der Waals surface area contributed by atoms with Crippen LogP contribution in [0.15, 0.2) is 17.6 Å². The fraction of sp³-hybridized carbons (Fsp3) is 0.571. The summed E-state index contributed by atoms with van der Waals surface area (Å²) in [5, 5.41) is 3.96. The molecular formula is C21H31N3O3S. The monoisotopic (exact) mass is 405 g/mol. The second-order valence-corrected chi connectivity index (χ2v) is 9.28. The predicted molar refractivity (Wildman–Crippen MR) is 113 cm³/mol. The molecule has 1 aromatic rings. The Balaban J connectivity index is 1.73. The Morgan fingerprint density at radius 1 is 1.14 bits per heavy atom. The smallest absolute Gasteiger partial charge is 0.307 e. The Hall–Kier alpha value is -1.86. The van der Waals surface area contributed by atoms with Gasteiger partial charge in [0.05, 0.1) is 0 Å². The standard InChI is InChI=1S/C21H31N3O3S/c1-4-17(24(3)5-2)12-13-28(26,27)23-21(25)22-20-18-10-6-8-15(18)14-16-9-7-11-19(16)20/h12-14,17H,4-11H2,1-3H3,(H2,22,23,25)/b13-12+/t17-/m1/s1. The number of rotatable bonds is 7. The number of hydrogen-bond donors (Lipinski definition) is 2. The Morgan fingerprint density at radius 3 is 2.29 bits per heavy atom. The molecular weight excluding hydrogens is 374 g/mol. The first kappa shape index (κ1) is 20.9. The molecule has 1 atom stereocenters. The molecule has 0 aromatic heterocycles. The van der Waals surface area contributed by atoms with E-state index in [0.29, 0.717) is 0 Å². The number of nitrogens with zero attached hydrogens (tertiary/aromatic N) is 1. The highest BCUT2D eigenvalue weighted by molar-refractivity contribution is 7.92. The number of carbonyl (C=O) groups is 1. The van der Waals surface area contributed by atoms with Crippen molar-refractivity contribution in [1.29, 1.82) is 0 Å². The highest BCUT2D eigenvalue weighted by Crippen LogP contribution is 2.38. The fourth-order valence-electron chi connectivity index (χ4n) is 4.29. The summed E-state index contributed by atoms with van der Waals surface area (Å²) in [6.07, 6.45) is 8.53. The molecule has 0 saturated carbocycles. The third-order valence-electron chi connectivity index (χ3n) is 5.91. The van der Waals surface area contributed by atoms with Gasteiger partial charge in [-0.1, -0.05) is 26.0 Å². The van der Waals surface area contributed by atoms with Gasteiger partial charge in [0.15, 0.2) is 0 Å². The zero-order valence-corrected chi connectivity index (χ0v) is 17.9. The van der Waals surface area contributed by atoms with Gasteiger partial charge in [0.1, 0.15) is 0 Å². The Kier molecular flexibility index (Phi) is 6.45. The molecule has 6 nitrogen and oxygen atoms in total. The molecule has 0 bridgehead atoms.